The summed E-state index contributed by atoms with van der Waals surface area (Å²) >= 11 is 24.1. The van der Waals surface area contributed by atoms with E-state index in [9.17, 15) is 33.9 Å². The fourth-order valence-corrected chi connectivity index (χ4v) is 8.65. The number of rotatable bonds is 6. The van der Waals surface area contributed by atoms with E-state index < -0.39 is 11.9 Å². The van der Waals surface area contributed by atoms with E-state index in [0.29, 0.717) is 111 Å². The zero-order valence-corrected chi connectivity index (χ0v) is 34.4. The van der Waals surface area contributed by atoms with Gasteiger partial charge in [0.15, 0.2) is 0 Å². The monoisotopic (exact) mass is 880 g/mol. The molecule has 2 amide bonds. The Hall–Kier alpha value is -5.54. The number of amides is 2. The molecule has 6 aromatic rings. The van der Waals surface area contributed by atoms with Crippen LogP contribution in [0.25, 0.3) is 22.1 Å². The molecule has 3 N–H and O–H groups in total. The van der Waals surface area contributed by atoms with E-state index in [4.69, 9.17) is 51.1 Å². The van der Waals surface area contributed by atoms with Crippen LogP contribution >= 0.6 is 46.4 Å². The van der Waals surface area contributed by atoms with Crippen LogP contribution in [0, 0.1) is 0 Å². The minimum Gasteiger partial charge on any atom is -0.478 e. The van der Waals surface area contributed by atoms with Crippen LogP contribution in [-0.4, -0.2) is 91.1 Å². The van der Waals surface area contributed by atoms with Crippen LogP contribution in [0.2, 0.25) is 20.1 Å². The molecule has 2 aliphatic rings. The molecule has 0 radical (unpaired) electrons. The second-order valence-electron chi connectivity index (χ2n) is 14.2. The quantitative estimate of drug-likeness (QED) is 0.142. The third kappa shape index (κ3) is 8.62. The lowest BCUT2D eigenvalue weighted by Gasteiger charge is -2.32. The van der Waals surface area contributed by atoms with Crippen molar-refractivity contribution < 1.29 is 29.0 Å². The Labute approximate surface area is 355 Å². The number of carboxylic acid groups (broad SMARTS) is 1. The zero-order chi connectivity index (χ0) is 42.1. The van der Waals surface area contributed by atoms with Crippen molar-refractivity contribution in [2.45, 2.75) is 37.8 Å². The number of aromatic nitrogens is 4. The molecule has 59 heavy (non-hydrogen) atoms. The first kappa shape index (κ1) is 41.6. The molecule has 0 spiro atoms. The number of imidazole rings is 2. The zero-order valence-electron chi connectivity index (χ0n) is 31.3. The summed E-state index contributed by atoms with van der Waals surface area (Å²) in [6.45, 7) is 1.89. The van der Waals surface area contributed by atoms with E-state index >= 15 is 0 Å². The Morgan fingerprint density at radius 2 is 1.02 bits per heavy atom. The van der Waals surface area contributed by atoms with Crippen LogP contribution < -0.4 is 11.4 Å². The fraction of sp³-hybridized carbons (Fsp3) is 0.268. The standard InChI is InChI=1S/C21H19Cl2N3O4.C20H17Cl2N3O4/c1-30-20(28)12-2-5-17-18(10-12)26(21(29)24-17)14-6-8-25(9-7-14)19(27)15-4-3-13(22)11-16(15)23;21-12-2-3-14(15(22)10-12)18(26)24-7-5-13(6-8-24)25-17-9-11(19(27)28)1-4-16(17)23-20(25)29/h2-5,10-11,14H,6-9H2,1H3,(H,24,29);1-4,9-10,13H,5-8H2,(H,23,29)(H,27,28). The van der Waals surface area contributed by atoms with E-state index in [0.717, 1.165) is 0 Å². The number of aromatic amines is 2. The van der Waals surface area contributed by atoms with Gasteiger partial charge in [0.1, 0.15) is 0 Å². The minimum atomic E-state index is -1.05. The summed E-state index contributed by atoms with van der Waals surface area (Å²) in [4.78, 5) is 82.8. The van der Waals surface area contributed by atoms with Crippen molar-refractivity contribution in [2.75, 3.05) is 33.3 Å². The number of halogens is 4. The summed E-state index contributed by atoms with van der Waals surface area (Å²) in [6, 6.07) is 18.9. The molecule has 0 bridgehead atoms. The molecule has 14 nitrogen and oxygen atoms in total. The number of benzene rings is 4. The third-order valence-electron chi connectivity index (χ3n) is 10.7. The van der Waals surface area contributed by atoms with E-state index in [1.807, 2.05) is 0 Å². The summed E-state index contributed by atoms with van der Waals surface area (Å²) in [5.41, 5.74) is 3.22. The smallest absolute Gasteiger partial charge is 0.337 e. The number of carbonyl (C=O) groups excluding carboxylic acids is 3. The first-order chi connectivity index (χ1) is 28.2. The Balaban J connectivity index is 0.000000179. The topological polar surface area (TPSA) is 180 Å². The predicted molar refractivity (Wildman–Crippen MR) is 225 cm³/mol. The number of likely N-dealkylation sites (tertiary alicyclic amines) is 2. The summed E-state index contributed by atoms with van der Waals surface area (Å²) < 4.78 is 8.04. The van der Waals surface area contributed by atoms with Gasteiger partial charge in [0.25, 0.3) is 11.8 Å². The van der Waals surface area contributed by atoms with Gasteiger partial charge in [0, 0.05) is 48.3 Å². The van der Waals surface area contributed by atoms with Crippen LogP contribution in [0.3, 0.4) is 0 Å². The molecule has 2 fully saturated rings. The predicted octanol–water partition coefficient (Wildman–Crippen LogP) is 7.71. The van der Waals surface area contributed by atoms with Crippen molar-refractivity contribution in [1.82, 2.24) is 28.9 Å². The van der Waals surface area contributed by atoms with Gasteiger partial charge in [-0.3, -0.25) is 18.7 Å². The Kier molecular flexibility index (Phi) is 12.2. The highest BCUT2D eigenvalue weighted by atomic mass is 35.5. The highest BCUT2D eigenvalue weighted by Gasteiger charge is 2.29. The van der Waals surface area contributed by atoms with Gasteiger partial charge in [0.2, 0.25) is 0 Å². The number of hydrogen-bond acceptors (Lipinski definition) is 7. The SMILES string of the molecule is COC(=O)c1ccc2[nH]c(=O)n(C3CCN(C(=O)c4ccc(Cl)cc4Cl)CC3)c2c1.O=C(O)c1ccc2[nH]c(=O)n(C3CCN(C(=O)c4ccc(Cl)cc4Cl)CC3)c2c1. The fourth-order valence-electron chi connectivity index (χ4n) is 7.67. The van der Waals surface area contributed by atoms with Crippen molar-refractivity contribution in [2.24, 2.45) is 0 Å². The molecule has 18 heteroatoms. The van der Waals surface area contributed by atoms with Gasteiger partial charge in [0.05, 0.1) is 61.5 Å². The average Bonchev–Trinajstić information content (AvgIpc) is 3.74. The number of fused-ring (bicyclic) bond motifs is 2. The highest BCUT2D eigenvalue weighted by molar-refractivity contribution is 6.37. The van der Waals surface area contributed by atoms with Gasteiger partial charge in [-0.25, -0.2) is 19.2 Å². The molecule has 2 aromatic heterocycles. The van der Waals surface area contributed by atoms with E-state index in [1.165, 1.54) is 25.3 Å². The van der Waals surface area contributed by atoms with E-state index in [1.54, 1.807) is 73.5 Å². The molecule has 0 saturated carbocycles. The normalized spacial score (nSPS) is 14.9. The number of ether oxygens (including phenoxy) is 1. The summed E-state index contributed by atoms with van der Waals surface area (Å²) in [5, 5.41) is 10.8. The molecule has 2 aliphatic heterocycles. The van der Waals surface area contributed by atoms with Gasteiger partial charge in [-0.05, 0) is 98.5 Å². The van der Waals surface area contributed by atoms with Gasteiger partial charge >= 0.3 is 23.3 Å². The molecule has 0 atom stereocenters. The van der Waals surface area contributed by atoms with E-state index in [2.05, 4.69) is 9.97 Å². The molecule has 4 aromatic carbocycles. The number of nitrogens with one attached hydrogen (secondary N) is 2. The van der Waals surface area contributed by atoms with Crippen molar-refractivity contribution in [3.63, 3.8) is 0 Å². The van der Waals surface area contributed by atoms with Crippen molar-refractivity contribution in [1.29, 1.82) is 0 Å². The lowest BCUT2D eigenvalue weighted by atomic mass is 10.0. The summed E-state index contributed by atoms with van der Waals surface area (Å²) in [6.07, 6.45) is 2.35. The van der Waals surface area contributed by atoms with Gasteiger partial charge in [-0.2, -0.15) is 0 Å². The van der Waals surface area contributed by atoms with Crippen molar-refractivity contribution >= 4 is 92.2 Å². The Bertz CT molecular complexity index is 2740. The number of aromatic carboxylic acids is 1. The minimum absolute atomic E-state index is 0.0936. The van der Waals surface area contributed by atoms with Crippen molar-refractivity contribution in [3.05, 3.63) is 136 Å². The average molecular weight is 883 g/mol. The van der Waals surface area contributed by atoms with Gasteiger partial charge in [-0.15, -0.1) is 0 Å². The molecule has 0 unspecified atom stereocenters. The Morgan fingerprint density at radius 1 is 0.610 bits per heavy atom. The highest BCUT2D eigenvalue weighted by Crippen LogP contribution is 2.30. The molecular formula is C41H36Cl4N6O8. The van der Waals surface area contributed by atoms with Crippen molar-refractivity contribution in [3.8, 4) is 0 Å². The number of piperidine rings is 2. The third-order valence-corrected chi connectivity index (χ3v) is 11.8. The number of carbonyl (C=O) groups is 4. The number of hydrogen-bond donors (Lipinski definition) is 3. The first-order valence-corrected chi connectivity index (χ1v) is 20.0. The first-order valence-electron chi connectivity index (χ1n) is 18.5. The van der Waals surface area contributed by atoms with Gasteiger partial charge in [-0.1, -0.05) is 46.4 Å². The summed E-state index contributed by atoms with van der Waals surface area (Å²) in [5.74, 6) is -1.84. The van der Waals surface area contributed by atoms with Crippen LogP contribution in [-0.2, 0) is 4.74 Å². The van der Waals surface area contributed by atoms with Crippen LogP contribution in [0.1, 0.15) is 79.2 Å². The number of H-pyrrole nitrogens is 2. The molecule has 306 valence electrons. The van der Waals surface area contributed by atoms with E-state index in [-0.39, 0.29) is 40.8 Å². The number of esters is 1. The molecule has 2 saturated heterocycles. The number of methoxy groups -OCH3 is 1. The largest absolute Gasteiger partial charge is 0.478 e. The lowest BCUT2D eigenvalue weighted by Crippen LogP contribution is -2.40. The summed E-state index contributed by atoms with van der Waals surface area (Å²) in [7, 11) is 1.32. The molecular weight excluding hydrogens is 846 g/mol. The van der Waals surface area contributed by atoms with Crippen LogP contribution in [0.4, 0.5) is 0 Å². The maximum Gasteiger partial charge on any atom is 0.337 e. The number of nitrogens with zero attached hydrogens (tertiary/aromatic N) is 4. The second-order valence-corrected chi connectivity index (χ2v) is 15.8. The Morgan fingerprint density at radius 3 is 1.41 bits per heavy atom. The number of carboxylic acids is 1. The van der Waals surface area contributed by atoms with Crippen LogP contribution in [0.5, 0.6) is 0 Å². The maximum atomic E-state index is 12.8. The lowest BCUT2D eigenvalue weighted by molar-refractivity contribution is 0.0598. The molecule has 8 rings (SSSR count). The van der Waals surface area contributed by atoms with Gasteiger partial charge < -0.3 is 29.6 Å². The van der Waals surface area contributed by atoms with Crippen LogP contribution in [0.15, 0.2) is 82.4 Å². The second kappa shape index (κ2) is 17.4. The molecule has 4 heterocycles. The maximum absolute atomic E-state index is 12.8. The molecule has 0 aliphatic carbocycles.